The van der Waals surface area contributed by atoms with Crippen molar-refractivity contribution in [3.05, 3.63) is 41.8 Å². The van der Waals surface area contributed by atoms with E-state index in [0.717, 1.165) is 16.7 Å². The molecule has 0 radical (unpaired) electrons. The highest BCUT2D eigenvalue weighted by atomic mass is 35.5. The molecule has 0 spiro atoms. The van der Waals surface area contributed by atoms with E-state index in [2.05, 4.69) is 9.97 Å². The minimum atomic E-state index is -0.442. The van der Waals surface area contributed by atoms with Crippen LogP contribution in [0.5, 0.6) is 0 Å². The van der Waals surface area contributed by atoms with Crippen molar-refractivity contribution in [1.29, 1.82) is 0 Å². The Morgan fingerprint density at radius 1 is 0.864 bits per heavy atom. The molecule has 0 atom stereocenters. The molecule has 6 heteroatoms. The Balaban J connectivity index is 1.82. The molecule has 114 valence electrons. The van der Waals surface area contributed by atoms with Crippen LogP contribution in [-0.4, -0.2) is 28.3 Å². The topological polar surface area (TPSA) is 44.2 Å². The number of aromatic nitrogens is 2. The van der Waals surface area contributed by atoms with E-state index in [0.29, 0.717) is 5.15 Å². The zero-order valence-corrected chi connectivity index (χ0v) is 13.9. The quantitative estimate of drug-likeness (QED) is 0.631. The van der Waals surface area contributed by atoms with Gasteiger partial charge in [-0.1, -0.05) is 17.7 Å². The normalized spacial score (nSPS) is 19.4. The van der Waals surface area contributed by atoms with E-state index in [4.69, 9.17) is 20.9 Å². The summed E-state index contributed by atoms with van der Waals surface area (Å²) >= 11 is 5.80. The largest absolute Gasteiger partial charge is 0.514 e. The van der Waals surface area contributed by atoms with Gasteiger partial charge in [0.25, 0.3) is 0 Å². The molecule has 2 aromatic rings. The lowest BCUT2D eigenvalue weighted by Gasteiger charge is -2.32. The zero-order valence-electron chi connectivity index (χ0n) is 13.1. The van der Waals surface area contributed by atoms with E-state index >= 15 is 0 Å². The summed E-state index contributed by atoms with van der Waals surface area (Å²) in [5.74, 6) is 0. The van der Waals surface area contributed by atoms with Gasteiger partial charge < -0.3 is 9.31 Å². The number of halogens is 1. The molecule has 4 nitrogen and oxygen atoms in total. The van der Waals surface area contributed by atoms with Gasteiger partial charge in [0, 0.05) is 23.5 Å². The van der Waals surface area contributed by atoms with Gasteiger partial charge in [-0.3, -0.25) is 4.98 Å². The first kappa shape index (κ1) is 15.5. The SMILES string of the molecule is CC1(C)OB(c2ccc(-c3ccc(Cl)nc3)cn2)OC1(C)C. The maximum absolute atomic E-state index is 6.00. The highest BCUT2D eigenvalue weighted by Gasteiger charge is 2.52. The molecule has 22 heavy (non-hydrogen) atoms. The Bertz CT molecular complexity index is 656. The average molecular weight is 317 g/mol. The lowest BCUT2D eigenvalue weighted by Crippen LogP contribution is -2.41. The van der Waals surface area contributed by atoms with Crippen LogP contribution in [0.4, 0.5) is 0 Å². The van der Waals surface area contributed by atoms with Crippen LogP contribution in [0.25, 0.3) is 11.1 Å². The van der Waals surface area contributed by atoms with Gasteiger partial charge in [-0.25, -0.2) is 4.98 Å². The van der Waals surface area contributed by atoms with Crippen LogP contribution in [0.2, 0.25) is 5.15 Å². The lowest BCUT2D eigenvalue weighted by atomic mass is 9.84. The predicted molar refractivity (Wildman–Crippen MR) is 88.2 cm³/mol. The summed E-state index contributed by atoms with van der Waals surface area (Å²) in [5, 5.41) is 0.477. The Hall–Kier alpha value is -1.43. The average Bonchev–Trinajstić information content (AvgIpc) is 2.68. The fraction of sp³-hybridized carbons (Fsp3) is 0.375. The van der Waals surface area contributed by atoms with E-state index in [1.165, 1.54) is 0 Å². The van der Waals surface area contributed by atoms with Crippen molar-refractivity contribution in [1.82, 2.24) is 9.97 Å². The molecule has 0 N–H and O–H groups in total. The van der Waals surface area contributed by atoms with E-state index in [1.54, 1.807) is 18.5 Å². The molecular formula is C16H18BClN2O2. The number of hydrogen-bond acceptors (Lipinski definition) is 4. The van der Waals surface area contributed by atoms with Crippen molar-refractivity contribution >= 4 is 24.3 Å². The summed E-state index contributed by atoms with van der Waals surface area (Å²) in [6.45, 7) is 8.11. The minimum Gasteiger partial charge on any atom is -0.398 e. The second kappa shape index (κ2) is 5.34. The van der Waals surface area contributed by atoms with Crippen molar-refractivity contribution < 1.29 is 9.31 Å². The van der Waals surface area contributed by atoms with E-state index in [1.807, 2.05) is 45.9 Å². The number of pyridine rings is 2. The molecule has 1 aliphatic rings. The minimum absolute atomic E-state index is 0.363. The van der Waals surface area contributed by atoms with Gasteiger partial charge in [-0.15, -0.1) is 0 Å². The number of nitrogens with zero attached hydrogens (tertiary/aromatic N) is 2. The second-order valence-corrected chi connectivity index (χ2v) is 6.82. The van der Waals surface area contributed by atoms with Crippen LogP contribution in [0, 0.1) is 0 Å². The third kappa shape index (κ3) is 2.76. The van der Waals surface area contributed by atoms with Crippen molar-refractivity contribution in [3.8, 4) is 11.1 Å². The summed E-state index contributed by atoms with van der Waals surface area (Å²) in [5.41, 5.74) is 1.99. The molecule has 0 aromatic carbocycles. The molecule has 0 unspecified atom stereocenters. The first-order chi connectivity index (χ1) is 10.3. The first-order valence-electron chi connectivity index (χ1n) is 7.22. The fourth-order valence-corrected chi connectivity index (χ4v) is 2.34. The lowest BCUT2D eigenvalue weighted by molar-refractivity contribution is 0.00578. The fourth-order valence-electron chi connectivity index (χ4n) is 2.23. The van der Waals surface area contributed by atoms with Gasteiger partial charge in [0.2, 0.25) is 0 Å². The van der Waals surface area contributed by atoms with E-state index in [-0.39, 0.29) is 11.2 Å². The Morgan fingerprint density at radius 2 is 1.41 bits per heavy atom. The zero-order chi connectivity index (χ0) is 16.0. The molecule has 0 saturated carbocycles. The second-order valence-electron chi connectivity index (χ2n) is 6.43. The van der Waals surface area contributed by atoms with Crippen LogP contribution in [-0.2, 0) is 9.31 Å². The van der Waals surface area contributed by atoms with Gasteiger partial charge >= 0.3 is 7.12 Å². The number of rotatable bonds is 2. The van der Waals surface area contributed by atoms with Gasteiger partial charge in [-0.05, 0) is 45.9 Å². The Labute approximate surface area is 136 Å². The number of hydrogen-bond donors (Lipinski definition) is 0. The van der Waals surface area contributed by atoms with Gasteiger partial charge in [0.05, 0.1) is 16.8 Å². The highest BCUT2D eigenvalue weighted by molar-refractivity contribution is 6.61. The standard InChI is InChI=1S/C16H18BClN2O2/c1-15(2)16(3,4)22-17(21-15)13-7-5-11(9-19-13)12-6-8-14(18)20-10-12/h5-10H,1-4H3. The highest BCUT2D eigenvalue weighted by Crippen LogP contribution is 2.36. The summed E-state index contributed by atoms with van der Waals surface area (Å²) in [6.07, 6.45) is 3.53. The van der Waals surface area contributed by atoms with Gasteiger partial charge in [0.15, 0.2) is 0 Å². The molecule has 3 rings (SSSR count). The molecule has 1 fully saturated rings. The molecule has 2 aromatic heterocycles. The molecule has 0 bridgehead atoms. The monoisotopic (exact) mass is 316 g/mol. The third-order valence-corrected chi connectivity index (χ3v) is 4.57. The van der Waals surface area contributed by atoms with Crippen LogP contribution >= 0.6 is 11.6 Å². The summed E-state index contributed by atoms with van der Waals surface area (Å²) in [4.78, 5) is 8.56. The molecule has 0 aliphatic carbocycles. The summed E-state index contributed by atoms with van der Waals surface area (Å²) < 4.78 is 12.0. The summed E-state index contributed by atoms with van der Waals surface area (Å²) in [7, 11) is -0.442. The Kier molecular flexibility index (Phi) is 3.75. The Morgan fingerprint density at radius 3 is 1.86 bits per heavy atom. The van der Waals surface area contributed by atoms with Crippen LogP contribution in [0.3, 0.4) is 0 Å². The van der Waals surface area contributed by atoms with Crippen LogP contribution in [0.15, 0.2) is 36.7 Å². The van der Waals surface area contributed by atoms with E-state index < -0.39 is 7.12 Å². The summed E-state index contributed by atoms with van der Waals surface area (Å²) in [6, 6.07) is 7.59. The third-order valence-electron chi connectivity index (χ3n) is 4.34. The molecule has 1 aliphatic heterocycles. The molecule has 1 saturated heterocycles. The molecular weight excluding hydrogens is 298 g/mol. The maximum atomic E-state index is 6.00. The van der Waals surface area contributed by atoms with Crippen LogP contribution < -0.4 is 5.59 Å². The van der Waals surface area contributed by atoms with Gasteiger partial charge in [0.1, 0.15) is 5.15 Å². The van der Waals surface area contributed by atoms with Crippen molar-refractivity contribution in [3.63, 3.8) is 0 Å². The molecule has 0 amide bonds. The maximum Gasteiger partial charge on any atom is 0.514 e. The van der Waals surface area contributed by atoms with E-state index in [9.17, 15) is 0 Å². The molecule has 3 heterocycles. The van der Waals surface area contributed by atoms with Crippen molar-refractivity contribution in [2.24, 2.45) is 0 Å². The van der Waals surface area contributed by atoms with Crippen molar-refractivity contribution in [2.45, 2.75) is 38.9 Å². The smallest absolute Gasteiger partial charge is 0.398 e. The van der Waals surface area contributed by atoms with Crippen LogP contribution in [0.1, 0.15) is 27.7 Å². The predicted octanol–water partition coefficient (Wildman–Crippen LogP) is 3.10. The van der Waals surface area contributed by atoms with Gasteiger partial charge in [-0.2, -0.15) is 0 Å². The van der Waals surface area contributed by atoms with Crippen molar-refractivity contribution in [2.75, 3.05) is 0 Å². The first-order valence-corrected chi connectivity index (χ1v) is 7.60.